The number of thiazole rings is 1. The Labute approximate surface area is 176 Å². The van der Waals surface area contributed by atoms with E-state index in [0.29, 0.717) is 6.54 Å². The summed E-state index contributed by atoms with van der Waals surface area (Å²) in [5.41, 5.74) is 2.17. The second-order valence-electron chi connectivity index (χ2n) is 6.01. The average molecular weight is 490 g/mol. The van der Waals surface area contributed by atoms with E-state index in [0.717, 1.165) is 35.3 Å². The van der Waals surface area contributed by atoms with Crippen molar-refractivity contribution in [2.75, 3.05) is 19.3 Å². The van der Waals surface area contributed by atoms with Gasteiger partial charge in [-0.2, -0.15) is 11.8 Å². The molecule has 7 heteroatoms. The van der Waals surface area contributed by atoms with Gasteiger partial charge in [0, 0.05) is 28.8 Å². The molecular formula is C18H27IN4S2. The molecule has 0 unspecified atom stereocenters. The highest BCUT2D eigenvalue weighted by Crippen LogP contribution is 2.22. The highest BCUT2D eigenvalue weighted by atomic mass is 127. The van der Waals surface area contributed by atoms with Crippen molar-refractivity contribution in [3.05, 3.63) is 40.7 Å². The second kappa shape index (κ2) is 11.0. The lowest BCUT2D eigenvalue weighted by atomic mass is 10.2. The van der Waals surface area contributed by atoms with Gasteiger partial charge in [0.05, 0.1) is 12.2 Å². The highest BCUT2D eigenvalue weighted by molar-refractivity contribution is 14.0. The molecule has 0 bridgehead atoms. The molecule has 2 rings (SSSR count). The Morgan fingerprint density at radius 2 is 1.96 bits per heavy atom. The molecule has 138 valence electrons. The Kier molecular flexibility index (Phi) is 9.81. The zero-order chi connectivity index (χ0) is 17.4. The van der Waals surface area contributed by atoms with Crippen LogP contribution in [0.5, 0.6) is 0 Å². The largest absolute Gasteiger partial charge is 0.357 e. The number of nitrogens with one attached hydrogen (secondary N) is 2. The molecule has 0 radical (unpaired) electrons. The van der Waals surface area contributed by atoms with E-state index < -0.39 is 0 Å². The average Bonchev–Trinajstić information content (AvgIpc) is 3.07. The summed E-state index contributed by atoms with van der Waals surface area (Å²) in [6.07, 6.45) is 2.13. The van der Waals surface area contributed by atoms with E-state index in [1.54, 1.807) is 11.3 Å². The van der Waals surface area contributed by atoms with Crippen LogP contribution in [-0.2, 0) is 6.54 Å². The third kappa shape index (κ3) is 7.53. The molecular weight excluding hydrogens is 463 g/mol. The number of hydrogen-bond acceptors (Lipinski definition) is 4. The fourth-order valence-electron chi connectivity index (χ4n) is 1.98. The number of aliphatic imine (C=N–C) groups is 1. The zero-order valence-corrected chi connectivity index (χ0v) is 19.2. The number of halogens is 1. The van der Waals surface area contributed by atoms with Crippen molar-refractivity contribution in [1.82, 2.24) is 15.6 Å². The smallest absolute Gasteiger partial charge is 0.191 e. The molecule has 25 heavy (non-hydrogen) atoms. The first kappa shape index (κ1) is 22.2. The van der Waals surface area contributed by atoms with Gasteiger partial charge in [0.15, 0.2) is 5.96 Å². The molecule has 2 aromatic rings. The first-order valence-corrected chi connectivity index (χ1v) is 10.2. The van der Waals surface area contributed by atoms with E-state index in [9.17, 15) is 0 Å². The molecule has 1 aromatic heterocycles. The van der Waals surface area contributed by atoms with Crippen LogP contribution in [-0.4, -0.2) is 35.0 Å². The monoisotopic (exact) mass is 490 g/mol. The quantitative estimate of drug-likeness (QED) is 0.338. The van der Waals surface area contributed by atoms with Crippen LogP contribution in [0.4, 0.5) is 0 Å². The first-order chi connectivity index (χ1) is 11.5. The number of thioether (sulfide) groups is 1. The van der Waals surface area contributed by atoms with E-state index in [4.69, 9.17) is 0 Å². The van der Waals surface area contributed by atoms with Crippen molar-refractivity contribution < 1.29 is 0 Å². The van der Waals surface area contributed by atoms with Gasteiger partial charge in [-0.25, -0.2) is 9.98 Å². The minimum Gasteiger partial charge on any atom is -0.357 e. The Balaban J connectivity index is 0.00000312. The minimum absolute atomic E-state index is 0. The Morgan fingerprint density at radius 1 is 1.24 bits per heavy atom. The van der Waals surface area contributed by atoms with Crippen molar-refractivity contribution in [2.24, 2.45) is 4.99 Å². The maximum Gasteiger partial charge on any atom is 0.191 e. The van der Waals surface area contributed by atoms with Crippen LogP contribution in [0.1, 0.15) is 25.8 Å². The molecule has 0 aliphatic carbocycles. The molecule has 0 fully saturated rings. The van der Waals surface area contributed by atoms with Gasteiger partial charge in [-0.15, -0.1) is 35.3 Å². The maximum atomic E-state index is 4.69. The van der Waals surface area contributed by atoms with Gasteiger partial charge in [0.25, 0.3) is 0 Å². The van der Waals surface area contributed by atoms with Crippen molar-refractivity contribution in [3.8, 4) is 11.3 Å². The molecule has 0 amide bonds. The van der Waals surface area contributed by atoms with Gasteiger partial charge in [-0.1, -0.05) is 30.3 Å². The summed E-state index contributed by atoms with van der Waals surface area (Å²) in [6, 6.07) is 10.3. The molecule has 0 saturated heterocycles. The van der Waals surface area contributed by atoms with Crippen LogP contribution in [0.25, 0.3) is 11.3 Å². The van der Waals surface area contributed by atoms with E-state index >= 15 is 0 Å². The standard InChI is InChI=1S/C18H26N4S2.HI/c1-5-19-17(21-13-18(2,3)23-4)20-11-16-22-15(12-24-16)14-9-7-6-8-10-14;/h6-10,12H,5,11,13H2,1-4H3,(H2,19,20,21);1H. The Hall–Kier alpha value is -0.800. The lowest BCUT2D eigenvalue weighted by Crippen LogP contribution is -2.43. The van der Waals surface area contributed by atoms with E-state index in [1.165, 1.54) is 0 Å². The summed E-state index contributed by atoms with van der Waals surface area (Å²) >= 11 is 3.50. The molecule has 2 N–H and O–H groups in total. The lowest BCUT2D eigenvalue weighted by Gasteiger charge is -2.23. The van der Waals surface area contributed by atoms with E-state index in [2.05, 4.69) is 65.1 Å². The van der Waals surface area contributed by atoms with Crippen LogP contribution in [0, 0.1) is 0 Å². The molecule has 0 aliphatic rings. The van der Waals surface area contributed by atoms with E-state index in [-0.39, 0.29) is 28.7 Å². The van der Waals surface area contributed by atoms with Gasteiger partial charge in [-0.05, 0) is 27.0 Å². The molecule has 1 aromatic carbocycles. The summed E-state index contributed by atoms with van der Waals surface area (Å²) in [5.74, 6) is 0.844. The molecule has 4 nitrogen and oxygen atoms in total. The van der Waals surface area contributed by atoms with Gasteiger partial charge in [0.1, 0.15) is 5.01 Å². The Bertz CT molecular complexity index is 656. The van der Waals surface area contributed by atoms with Crippen LogP contribution in [0.2, 0.25) is 0 Å². The third-order valence-electron chi connectivity index (χ3n) is 3.57. The maximum absolute atomic E-state index is 4.69. The van der Waals surface area contributed by atoms with Crippen molar-refractivity contribution in [3.63, 3.8) is 0 Å². The number of hydrogen-bond donors (Lipinski definition) is 2. The summed E-state index contributed by atoms with van der Waals surface area (Å²) in [7, 11) is 0. The molecule has 0 aliphatic heterocycles. The second-order valence-corrected chi connectivity index (χ2v) is 8.46. The topological polar surface area (TPSA) is 49.3 Å². The van der Waals surface area contributed by atoms with Gasteiger partial charge < -0.3 is 10.6 Å². The minimum atomic E-state index is 0. The van der Waals surface area contributed by atoms with Crippen LogP contribution in [0.3, 0.4) is 0 Å². The lowest BCUT2D eigenvalue weighted by molar-refractivity contribution is 0.665. The van der Waals surface area contributed by atoms with Crippen LogP contribution >= 0.6 is 47.1 Å². The molecule has 1 heterocycles. The number of nitrogens with zero attached hydrogens (tertiary/aromatic N) is 2. The normalized spacial score (nSPS) is 11.8. The summed E-state index contributed by atoms with van der Waals surface area (Å²) < 4.78 is 0.178. The molecule has 0 atom stereocenters. The highest BCUT2D eigenvalue weighted by Gasteiger charge is 2.16. The number of benzene rings is 1. The van der Waals surface area contributed by atoms with Gasteiger partial charge >= 0.3 is 0 Å². The van der Waals surface area contributed by atoms with Crippen LogP contribution in [0.15, 0.2) is 40.7 Å². The fourth-order valence-corrected chi connectivity index (χ4v) is 2.93. The summed E-state index contributed by atoms with van der Waals surface area (Å²) in [5, 5.41) is 9.83. The van der Waals surface area contributed by atoms with E-state index in [1.807, 2.05) is 30.0 Å². The van der Waals surface area contributed by atoms with Crippen LogP contribution < -0.4 is 10.6 Å². The Morgan fingerprint density at radius 3 is 2.60 bits per heavy atom. The van der Waals surface area contributed by atoms with Crippen molar-refractivity contribution >= 4 is 53.0 Å². The number of aromatic nitrogens is 1. The first-order valence-electron chi connectivity index (χ1n) is 8.11. The SMILES string of the molecule is CCNC(=NCc1nc(-c2ccccc2)cs1)NCC(C)(C)SC.I. The molecule has 0 spiro atoms. The zero-order valence-electron chi connectivity index (χ0n) is 15.2. The predicted molar refractivity (Wildman–Crippen MR) is 123 cm³/mol. The predicted octanol–water partition coefficient (Wildman–Crippen LogP) is 4.62. The van der Waals surface area contributed by atoms with Crippen molar-refractivity contribution in [1.29, 1.82) is 0 Å². The fraction of sp³-hybridized carbons (Fsp3) is 0.444. The summed E-state index contributed by atoms with van der Waals surface area (Å²) in [6.45, 7) is 8.83. The van der Waals surface area contributed by atoms with Gasteiger partial charge in [-0.3, -0.25) is 0 Å². The number of rotatable bonds is 7. The van der Waals surface area contributed by atoms with Gasteiger partial charge in [0.2, 0.25) is 0 Å². The number of guanidine groups is 1. The third-order valence-corrected chi connectivity index (χ3v) is 5.66. The summed E-state index contributed by atoms with van der Waals surface area (Å²) in [4.78, 5) is 9.35. The molecule has 0 saturated carbocycles. The van der Waals surface area contributed by atoms with Crippen molar-refractivity contribution in [2.45, 2.75) is 32.1 Å².